The Hall–Kier alpha value is 0.920. The predicted molar refractivity (Wildman–Crippen MR) is 52.6 cm³/mol. The zero-order valence-electron chi connectivity index (χ0n) is 6.30. The van der Waals surface area contributed by atoms with Crippen LogP contribution < -0.4 is 0 Å². The van der Waals surface area contributed by atoms with Crippen molar-refractivity contribution in [3.63, 3.8) is 0 Å². The summed E-state index contributed by atoms with van der Waals surface area (Å²) in [6, 6.07) is 0. The van der Waals surface area contributed by atoms with Gasteiger partial charge in [-0.15, -0.1) is 0 Å². The zero-order valence-corrected chi connectivity index (χ0v) is 9.47. The number of fused-ring (bicyclic) bond motifs is 1. The second kappa shape index (κ2) is 3.35. The molecule has 0 aromatic heterocycles. The second-order valence-electron chi connectivity index (χ2n) is 3.40. The second-order valence-corrected chi connectivity index (χ2v) is 5.75. The fourth-order valence-electron chi connectivity index (χ4n) is 1.70. The molecule has 1 nitrogen and oxygen atoms in total. The van der Waals surface area contributed by atoms with Gasteiger partial charge in [-0.1, -0.05) is 31.9 Å². The van der Waals surface area contributed by atoms with Crippen LogP contribution in [0.3, 0.4) is 0 Å². The van der Waals surface area contributed by atoms with Gasteiger partial charge in [-0.3, -0.25) is 0 Å². The third kappa shape index (κ3) is 1.99. The standard InChI is InChI=1S/C8H12Br2O/c9-5-1-3-7-8(11-7)4-2-6(5)10/h5-8H,1-4H2/t5-,6+,7+,8-. The van der Waals surface area contributed by atoms with Gasteiger partial charge in [0, 0.05) is 9.65 Å². The van der Waals surface area contributed by atoms with E-state index in [2.05, 4.69) is 31.9 Å². The molecule has 0 unspecified atom stereocenters. The van der Waals surface area contributed by atoms with Gasteiger partial charge in [-0.25, -0.2) is 0 Å². The third-order valence-electron chi connectivity index (χ3n) is 2.53. The SMILES string of the molecule is Br[C@@H]1CC[C@@H]2O[C@@H]2CC[C@@H]1Br. The topological polar surface area (TPSA) is 12.5 Å². The summed E-state index contributed by atoms with van der Waals surface area (Å²) in [5.41, 5.74) is 0. The lowest BCUT2D eigenvalue weighted by Gasteiger charge is -2.17. The van der Waals surface area contributed by atoms with Crippen molar-refractivity contribution in [1.82, 2.24) is 0 Å². The van der Waals surface area contributed by atoms with Gasteiger partial charge in [0.05, 0.1) is 12.2 Å². The third-order valence-corrected chi connectivity index (χ3v) is 5.44. The van der Waals surface area contributed by atoms with Crippen molar-refractivity contribution < 1.29 is 4.74 Å². The maximum Gasteiger partial charge on any atom is 0.0842 e. The summed E-state index contributed by atoms with van der Waals surface area (Å²) in [6.45, 7) is 0. The predicted octanol–water partition coefficient (Wildman–Crippen LogP) is 2.85. The molecule has 2 rings (SSSR count). The van der Waals surface area contributed by atoms with E-state index in [1.165, 1.54) is 25.7 Å². The normalized spacial score (nSPS) is 50.7. The Balaban J connectivity index is 1.89. The number of hydrogen-bond acceptors (Lipinski definition) is 1. The number of rotatable bonds is 0. The molecule has 0 spiro atoms. The molecule has 1 heterocycles. The summed E-state index contributed by atoms with van der Waals surface area (Å²) in [4.78, 5) is 1.29. The van der Waals surface area contributed by atoms with Crippen LogP contribution in [0.4, 0.5) is 0 Å². The molecule has 4 atom stereocenters. The van der Waals surface area contributed by atoms with Crippen LogP contribution in [-0.2, 0) is 4.74 Å². The molecule has 2 aliphatic rings. The summed E-state index contributed by atoms with van der Waals surface area (Å²) >= 11 is 7.36. The molecule has 1 saturated carbocycles. The van der Waals surface area contributed by atoms with Gasteiger partial charge in [-0.2, -0.15) is 0 Å². The van der Waals surface area contributed by atoms with Crippen LogP contribution in [0, 0.1) is 0 Å². The minimum atomic E-state index is 0.607. The van der Waals surface area contributed by atoms with Crippen LogP contribution >= 0.6 is 31.9 Å². The Morgan fingerprint density at radius 2 is 1.27 bits per heavy atom. The van der Waals surface area contributed by atoms with Crippen molar-refractivity contribution in [2.24, 2.45) is 0 Å². The number of ether oxygens (including phenoxy) is 1. The molecular weight excluding hydrogens is 272 g/mol. The van der Waals surface area contributed by atoms with Crippen molar-refractivity contribution in [3.05, 3.63) is 0 Å². The lowest BCUT2D eigenvalue weighted by Crippen LogP contribution is -2.18. The highest BCUT2D eigenvalue weighted by atomic mass is 79.9. The van der Waals surface area contributed by atoms with Crippen molar-refractivity contribution in [2.75, 3.05) is 0 Å². The van der Waals surface area contributed by atoms with Crippen LogP contribution in [0.25, 0.3) is 0 Å². The maximum absolute atomic E-state index is 5.49. The maximum atomic E-state index is 5.49. The van der Waals surface area contributed by atoms with E-state index in [1.54, 1.807) is 0 Å². The molecule has 0 N–H and O–H groups in total. The van der Waals surface area contributed by atoms with E-state index in [4.69, 9.17) is 4.74 Å². The van der Waals surface area contributed by atoms with E-state index in [1.807, 2.05) is 0 Å². The van der Waals surface area contributed by atoms with Gasteiger partial charge in [-0.05, 0) is 25.7 Å². The Labute approximate surface area is 84.1 Å². The molecule has 3 heteroatoms. The molecule has 0 bridgehead atoms. The summed E-state index contributed by atoms with van der Waals surface area (Å²) in [5, 5.41) is 0. The minimum Gasteiger partial charge on any atom is -0.370 e. The van der Waals surface area contributed by atoms with Gasteiger partial charge in [0.1, 0.15) is 0 Å². The van der Waals surface area contributed by atoms with Gasteiger partial charge in [0.2, 0.25) is 0 Å². The van der Waals surface area contributed by atoms with Crippen LogP contribution in [0.2, 0.25) is 0 Å². The van der Waals surface area contributed by atoms with Gasteiger partial charge in [0.15, 0.2) is 0 Å². The van der Waals surface area contributed by atoms with Crippen LogP contribution in [0.15, 0.2) is 0 Å². The number of alkyl halides is 2. The molecule has 11 heavy (non-hydrogen) atoms. The quantitative estimate of drug-likeness (QED) is 0.492. The van der Waals surface area contributed by atoms with E-state index in [0.29, 0.717) is 21.9 Å². The zero-order chi connectivity index (χ0) is 7.84. The molecular formula is C8H12Br2O. The molecule has 1 aliphatic carbocycles. The highest BCUT2D eigenvalue weighted by molar-refractivity contribution is 9.12. The highest BCUT2D eigenvalue weighted by Crippen LogP contribution is 2.37. The van der Waals surface area contributed by atoms with Gasteiger partial charge in [0.25, 0.3) is 0 Å². The van der Waals surface area contributed by atoms with E-state index in [-0.39, 0.29) is 0 Å². The first kappa shape index (κ1) is 8.52. The average Bonchev–Trinajstić information content (AvgIpc) is 2.72. The number of epoxide rings is 1. The summed E-state index contributed by atoms with van der Waals surface area (Å²) in [5.74, 6) is 0. The fourth-order valence-corrected chi connectivity index (χ4v) is 2.75. The van der Waals surface area contributed by atoms with Gasteiger partial charge < -0.3 is 4.74 Å². The first-order chi connectivity index (χ1) is 5.27. The van der Waals surface area contributed by atoms with Crippen molar-refractivity contribution in [2.45, 2.75) is 47.5 Å². The number of hydrogen-bond donors (Lipinski definition) is 0. The van der Waals surface area contributed by atoms with Crippen LogP contribution in [0.1, 0.15) is 25.7 Å². The summed E-state index contributed by atoms with van der Waals surface area (Å²) in [7, 11) is 0. The minimum absolute atomic E-state index is 0.607. The molecule has 64 valence electrons. The number of halogens is 2. The summed E-state index contributed by atoms with van der Waals surface area (Å²) < 4.78 is 5.49. The molecule has 0 amide bonds. The Morgan fingerprint density at radius 1 is 0.818 bits per heavy atom. The smallest absolute Gasteiger partial charge is 0.0842 e. The average molecular weight is 284 g/mol. The monoisotopic (exact) mass is 282 g/mol. The van der Waals surface area contributed by atoms with Crippen molar-refractivity contribution in [3.8, 4) is 0 Å². The Bertz CT molecular complexity index is 135. The molecule has 1 saturated heterocycles. The molecule has 2 fully saturated rings. The van der Waals surface area contributed by atoms with E-state index >= 15 is 0 Å². The molecule has 0 radical (unpaired) electrons. The molecule has 1 aliphatic heterocycles. The lowest BCUT2D eigenvalue weighted by atomic mass is 10.0. The van der Waals surface area contributed by atoms with E-state index in [0.717, 1.165) is 0 Å². The van der Waals surface area contributed by atoms with E-state index in [9.17, 15) is 0 Å². The molecule has 0 aromatic carbocycles. The Kier molecular flexibility index (Phi) is 2.59. The van der Waals surface area contributed by atoms with Crippen LogP contribution in [-0.4, -0.2) is 21.9 Å². The van der Waals surface area contributed by atoms with E-state index < -0.39 is 0 Å². The van der Waals surface area contributed by atoms with Crippen LogP contribution in [0.5, 0.6) is 0 Å². The lowest BCUT2D eigenvalue weighted by molar-refractivity contribution is 0.358. The highest BCUT2D eigenvalue weighted by Gasteiger charge is 2.40. The Morgan fingerprint density at radius 3 is 1.73 bits per heavy atom. The first-order valence-corrected chi connectivity index (χ1v) is 6.04. The largest absolute Gasteiger partial charge is 0.370 e. The molecule has 0 aromatic rings. The fraction of sp³-hybridized carbons (Fsp3) is 1.00. The first-order valence-electron chi connectivity index (χ1n) is 4.21. The van der Waals surface area contributed by atoms with Gasteiger partial charge >= 0.3 is 0 Å². The van der Waals surface area contributed by atoms with Crippen molar-refractivity contribution >= 4 is 31.9 Å². The van der Waals surface area contributed by atoms with Crippen molar-refractivity contribution in [1.29, 1.82) is 0 Å². The summed E-state index contributed by atoms with van der Waals surface area (Å²) in [6.07, 6.45) is 6.18.